The van der Waals surface area contributed by atoms with Gasteiger partial charge in [0.25, 0.3) is 0 Å². The summed E-state index contributed by atoms with van der Waals surface area (Å²) in [7, 11) is 0. The molecule has 1 aliphatic rings. The van der Waals surface area contributed by atoms with Gasteiger partial charge in [0.1, 0.15) is 0 Å². The Bertz CT molecular complexity index is 509. The topological polar surface area (TPSA) is 49.6 Å². The Morgan fingerprint density at radius 2 is 2.05 bits per heavy atom. The second-order valence-corrected chi connectivity index (χ2v) is 5.37. The number of hydrogen-bond acceptors (Lipinski definition) is 2. The number of nitrogens with zero attached hydrogens (tertiary/aromatic N) is 3. The van der Waals surface area contributed by atoms with Crippen molar-refractivity contribution in [2.75, 3.05) is 26.2 Å². The SMILES string of the molecule is CCNC(=NCCCCn1ccccc1=O)N1CCCC1.I. The van der Waals surface area contributed by atoms with Crippen LogP contribution in [0.5, 0.6) is 0 Å². The van der Waals surface area contributed by atoms with E-state index in [1.807, 2.05) is 12.3 Å². The maximum Gasteiger partial charge on any atom is 0.250 e. The summed E-state index contributed by atoms with van der Waals surface area (Å²) in [5, 5.41) is 3.36. The quantitative estimate of drug-likeness (QED) is 0.334. The molecular formula is C16H27IN4O. The number of halogens is 1. The third kappa shape index (κ3) is 5.98. The Morgan fingerprint density at radius 1 is 1.27 bits per heavy atom. The fraction of sp³-hybridized carbons (Fsp3) is 0.625. The summed E-state index contributed by atoms with van der Waals surface area (Å²) in [5.41, 5.74) is 0.0754. The molecule has 6 heteroatoms. The Hall–Kier alpha value is -1.05. The number of pyridine rings is 1. The molecule has 0 spiro atoms. The summed E-state index contributed by atoms with van der Waals surface area (Å²) in [6.45, 7) is 6.84. The summed E-state index contributed by atoms with van der Waals surface area (Å²) in [4.78, 5) is 18.6. The lowest BCUT2D eigenvalue weighted by molar-refractivity contribution is 0.492. The third-order valence-electron chi connectivity index (χ3n) is 3.71. The highest BCUT2D eigenvalue weighted by Crippen LogP contribution is 2.07. The number of aryl methyl sites for hydroxylation is 1. The number of unbranched alkanes of at least 4 members (excludes halogenated alkanes) is 1. The van der Waals surface area contributed by atoms with Crippen molar-refractivity contribution in [2.24, 2.45) is 4.99 Å². The van der Waals surface area contributed by atoms with Crippen LogP contribution in [0, 0.1) is 0 Å². The largest absolute Gasteiger partial charge is 0.357 e. The number of likely N-dealkylation sites (tertiary alicyclic amines) is 1. The van der Waals surface area contributed by atoms with Crippen LogP contribution >= 0.6 is 24.0 Å². The van der Waals surface area contributed by atoms with Crippen molar-refractivity contribution in [3.05, 3.63) is 34.7 Å². The van der Waals surface area contributed by atoms with Gasteiger partial charge in [-0.05, 0) is 38.7 Å². The maximum atomic E-state index is 11.6. The van der Waals surface area contributed by atoms with Crippen LogP contribution in [0.1, 0.15) is 32.6 Å². The average molecular weight is 418 g/mol. The van der Waals surface area contributed by atoms with Crippen molar-refractivity contribution in [2.45, 2.75) is 39.2 Å². The molecule has 0 atom stereocenters. The molecule has 22 heavy (non-hydrogen) atoms. The monoisotopic (exact) mass is 418 g/mol. The van der Waals surface area contributed by atoms with E-state index in [0.717, 1.165) is 51.5 Å². The Balaban J connectivity index is 0.00000242. The minimum absolute atomic E-state index is 0. The van der Waals surface area contributed by atoms with Crippen LogP contribution < -0.4 is 10.9 Å². The van der Waals surface area contributed by atoms with Crippen molar-refractivity contribution in [3.8, 4) is 0 Å². The van der Waals surface area contributed by atoms with Crippen LogP contribution in [0.4, 0.5) is 0 Å². The summed E-state index contributed by atoms with van der Waals surface area (Å²) < 4.78 is 1.76. The first-order valence-electron chi connectivity index (χ1n) is 8.00. The summed E-state index contributed by atoms with van der Waals surface area (Å²) in [6.07, 6.45) is 6.36. The molecule has 0 radical (unpaired) electrons. The smallest absolute Gasteiger partial charge is 0.250 e. The van der Waals surface area contributed by atoms with Gasteiger partial charge >= 0.3 is 0 Å². The van der Waals surface area contributed by atoms with Crippen LogP contribution in [0.3, 0.4) is 0 Å². The van der Waals surface area contributed by atoms with Crippen molar-refractivity contribution < 1.29 is 0 Å². The molecule has 5 nitrogen and oxygen atoms in total. The molecule has 1 saturated heterocycles. The highest BCUT2D eigenvalue weighted by atomic mass is 127. The molecule has 0 amide bonds. The van der Waals surface area contributed by atoms with Crippen molar-refractivity contribution in [1.29, 1.82) is 0 Å². The number of aliphatic imine (C=N–C) groups is 1. The first-order valence-corrected chi connectivity index (χ1v) is 8.00. The van der Waals surface area contributed by atoms with Gasteiger partial charge in [-0.15, -0.1) is 24.0 Å². The molecule has 1 aliphatic heterocycles. The van der Waals surface area contributed by atoms with Gasteiger partial charge in [0, 0.05) is 45.0 Å². The summed E-state index contributed by atoms with van der Waals surface area (Å²) >= 11 is 0. The average Bonchev–Trinajstić information content (AvgIpc) is 3.02. The zero-order valence-corrected chi connectivity index (χ0v) is 15.7. The maximum absolute atomic E-state index is 11.6. The molecule has 0 aliphatic carbocycles. The second kappa shape index (κ2) is 10.6. The minimum atomic E-state index is 0. The number of guanidine groups is 1. The van der Waals surface area contributed by atoms with E-state index in [-0.39, 0.29) is 29.5 Å². The molecule has 1 aromatic heterocycles. The van der Waals surface area contributed by atoms with E-state index in [1.165, 1.54) is 12.8 Å². The van der Waals surface area contributed by atoms with Gasteiger partial charge in [0.2, 0.25) is 5.56 Å². The highest BCUT2D eigenvalue weighted by Gasteiger charge is 2.14. The zero-order chi connectivity index (χ0) is 14.9. The van der Waals surface area contributed by atoms with Gasteiger partial charge in [0.05, 0.1) is 0 Å². The fourth-order valence-electron chi connectivity index (χ4n) is 2.58. The lowest BCUT2D eigenvalue weighted by Gasteiger charge is -2.20. The normalized spacial score (nSPS) is 14.8. The molecule has 0 bridgehead atoms. The molecule has 0 aromatic carbocycles. The Morgan fingerprint density at radius 3 is 2.73 bits per heavy atom. The molecule has 1 aromatic rings. The van der Waals surface area contributed by atoms with E-state index >= 15 is 0 Å². The molecule has 124 valence electrons. The van der Waals surface area contributed by atoms with Gasteiger partial charge in [-0.2, -0.15) is 0 Å². The van der Waals surface area contributed by atoms with Gasteiger partial charge in [0.15, 0.2) is 5.96 Å². The Labute approximate surface area is 149 Å². The zero-order valence-electron chi connectivity index (χ0n) is 13.3. The van der Waals surface area contributed by atoms with Crippen LogP contribution in [0.25, 0.3) is 0 Å². The number of nitrogens with one attached hydrogen (secondary N) is 1. The first kappa shape index (κ1) is 19.0. The minimum Gasteiger partial charge on any atom is -0.357 e. The highest BCUT2D eigenvalue weighted by molar-refractivity contribution is 14.0. The molecule has 1 N–H and O–H groups in total. The van der Waals surface area contributed by atoms with E-state index in [9.17, 15) is 4.79 Å². The lowest BCUT2D eigenvalue weighted by atomic mass is 10.3. The van der Waals surface area contributed by atoms with Crippen molar-refractivity contribution >= 4 is 29.9 Å². The van der Waals surface area contributed by atoms with E-state index < -0.39 is 0 Å². The Kier molecular flexibility index (Phi) is 9.19. The van der Waals surface area contributed by atoms with E-state index in [4.69, 9.17) is 4.99 Å². The third-order valence-corrected chi connectivity index (χ3v) is 3.71. The number of aromatic nitrogens is 1. The van der Waals surface area contributed by atoms with Gasteiger partial charge < -0.3 is 14.8 Å². The van der Waals surface area contributed by atoms with E-state index in [1.54, 1.807) is 16.7 Å². The van der Waals surface area contributed by atoms with Gasteiger partial charge in [-0.25, -0.2) is 0 Å². The van der Waals surface area contributed by atoms with Crippen LogP contribution in [-0.2, 0) is 6.54 Å². The predicted molar refractivity (Wildman–Crippen MR) is 102 cm³/mol. The second-order valence-electron chi connectivity index (χ2n) is 5.37. The molecule has 1 fully saturated rings. The standard InChI is InChI=1S/C16H26N4O.HI/c1-2-17-16(20-13-7-8-14-20)18-10-4-6-12-19-11-5-3-9-15(19)21;/h3,5,9,11H,2,4,6-8,10,12-14H2,1H3,(H,17,18);1H. The predicted octanol–water partition coefficient (Wildman–Crippen LogP) is 2.31. The molecule has 0 unspecified atom stereocenters. The van der Waals surface area contributed by atoms with E-state index in [2.05, 4.69) is 17.1 Å². The van der Waals surface area contributed by atoms with Crippen LogP contribution in [-0.4, -0.2) is 41.6 Å². The summed E-state index contributed by atoms with van der Waals surface area (Å²) in [6, 6.07) is 5.28. The van der Waals surface area contributed by atoms with Crippen molar-refractivity contribution in [1.82, 2.24) is 14.8 Å². The number of rotatable bonds is 6. The van der Waals surface area contributed by atoms with Crippen LogP contribution in [0.15, 0.2) is 34.2 Å². The first-order chi connectivity index (χ1) is 10.3. The molecule has 2 rings (SSSR count). The molecule has 0 saturated carbocycles. The fourth-order valence-corrected chi connectivity index (χ4v) is 2.58. The van der Waals surface area contributed by atoms with Crippen LogP contribution in [0.2, 0.25) is 0 Å². The molecular weight excluding hydrogens is 391 g/mol. The number of hydrogen-bond donors (Lipinski definition) is 1. The van der Waals surface area contributed by atoms with E-state index in [0.29, 0.717) is 0 Å². The van der Waals surface area contributed by atoms with Gasteiger partial charge in [-0.3, -0.25) is 9.79 Å². The lowest BCUT2D eigenvalue weighted by Crippen LogP contribution is -2.39. The molecule has 2 heterocycles. The summed E-state index contributed by atoms with van der Waals surface area (Å²) in [5.74, 6) is 1.05. The van der Waals surface area contributed by atoms with Crippen molar-refractivity contribution in [3.63, 3.8) is 0 Å². The van der Waals surface area contributed by atoms with Gasteiger partial charge in [-0.1, -0.05) is 6.07 Å².